The normalized spacial score (nSPS) is 20.4. The second-order valence-electron chi connectivity index (χ2n) is 7.00. The van der Waals surface area contributed by atoms with Gasteiger partial charge in [-0.05, 0) is 55.5 Å². The highest BCUT2D eigenvalue weighted by atomic mass is 35.5. The maximum atomic E-state index is 12.8. The third-order valence-electron chi connectivity index (χ3n) is 5.26. The van der Waals surface area contributed by atoms with E-state index in [1.165, 1.54) is 0 Å². The Balaban J connectivity index is 1.83. The Morgan fingerprint density at radius 3 is 2.56 bits per heavy atom. The van der Waals surface area contributed by atoms with Gasteiger partial charge in [0.1, 0.15) is 12.1 Å². The van der Waals surface area contributed by atoms with Crippen molar-refractivity contribution in [3.8, 4) is 5.69 Å². The van der Waals surface area contributed by atoms with Crippen LogP contribution in [-0.2, 0) is 16.0 Å². The number of Topliss-reactive ketones (excluding diaryl/α,β-unsaturated/α-hetero) is 1. The lowest BCUT2D eigenvalue weighted by molar-refractivity contribution is -0.128. The maximum absolute atomic E-state index is 12.8. The minimum atomic E-state index is -0.116. The molecule has 0 bridgehead atoms. The zero-order valence-electron chi connectivity index (χ0n) is 14.7. The van der Waals surface area contributed by atoms with E-state index in [1.54, 1.807) is 17.1 Å². The molecule has 1 aliphatic carbocycles. The predicted octanol–water partition coefficient (Wildman–Crippen LogP) is 4.26. The predicted molar refractivity (Wildman–Crippen MR) is 98.3 cm³/mol. The van der Waals surface area contributed by atoms with Crippen molar-refractivity contribution in [2.75, 3.05) is 0 Å². The van der Waals surface area contributed by atoms with E-state index < -0.39 is 0 Å². The summed E-state index contributed by atoms with van der Waals surface area (Å²) in [6.07, 6.45) is 8.51. The molecule has 0 aliphatic heterocycles. The molecule has 0 spiro atoms. The number of rotatable bonds is 5. The fraction of sp³-hybridized carbons (Fsp3) is 0.450. The molecule has 2 atom stereocenters. The number of nitrogens with zero attached hydrogens (tertiary/aromatic N) is 2. The van der Waals surface area contributed by atoms with Crippen LogP contribution in [0.2, 0.25) is 5.02 Å². The molecule has 25 heavy (non-hydrogen) atoms. The summed E-state index contributed by atoms with van der Waals surface area (Å²) < 4.78 is 1.73. The highest BCUT2D eigenvalue weighted by molar-refractivity contribution is 6.30. The molecule has 1 saturated carbocycles. The largest absolute Gasteiger partial charge is 0.303 e. The Labute approximate surface area is 153 Å². The molecule has 1 aliphatic rings. The van der Waals surface area contributed by atoms with Gasteiger partial charge in [-0.1, -0.05) is 24.4 Å². The molecule has 3 rings (SSSR count). The molecular weight excluding hydrogens is 336 g/mol. The molecule has 0 N–H and O–H groups in total. The Hall–Kier alpha value is -1.94. The summed E-state index contributed by atoms with van der Waals surface area (Å²) in [4.78, 5) is 24.1. The number of aldehydes is 1. The fourth-order valence-electron chi connectivity index (χ4n) is 3.85. The fourth-order valence-corrected chi connectivity index (χ4v) is 3.99. The van der Waals surface area contributed by atoms with Crippen LogP contribution in [0.4, 0.5) is 0 Å². The second-order valence-corrected chi connectivity index (χ2v) is 7.43. The van der Waals surface area contributed by atoms with E-state index in [2.05, 4.69) is 5.10 Å². The van der Waals surface area contributed by atoms with Crippen LogP contribution in [0.5, 0.6) is 0 Å². The van der Waals surface area contributed by atoms with Gasteiger partial charge in [0.2, 0.25) is 0 Å². The topological polar surface area (TPSA) is 52.0 Å². The molecule has 5 heteroatoms. The van der Waals surface area contributed by atoms with Crippen molar-refractivity contribution in [1.82, 2.24) is 9.78 Å². The minimum absolute atomic E-state index is 0.104. The van der Waals surface area contributed by atoms with Gasteiger partial charge in [-0.2, -0.15) is 5.10 Å². The van der Waals surface area contributed by atoms with Crippen molar-refractivity contribution in [1.29, 1.82) is 0 Å². The Bertz CT molecular complexity index is 774. The van der Waals surface area contributed by atoms with Crippen molar-refractivity contribution in [3.05, 3.63) is 46.2 Å². The highest BCUT2D eigenvalue weighted by Crippen LogP contribution is 2.31. The zero-order chi connectivity index (χ0) is 18.0. The number of aromatic nitrogens is 2. The van der Waals surface area contributed by atoms with Crippen LogP contribution in [0.25, 0.3) is 5.69 Å². The first-order valence-corrected chi connectivity index (χ1v) is 9.16. The number of ketones is 1. The molecule has 1 aromatic heterocycles. The van der Waals surface area contributed by atoms with E-state index >= 15 is 0 Å². The Morgan fingerprint density at radius 2 is 1.96 bits per heavy atom. The van der Waals surface area contributed by atoms with E-state index in [9.17, 15) is 9.59 Å². The van der Waals surface area contributed by atoms with Crippen molar-refractivity contribution in [3.63, 3.8) is 0 Å². The van der Waals surface area contributed by atoms with Gasteiger partial charge in [-0.15, -0.1) is 0 Å². The average molecular weight is 359 g/mol. The molecule has 0 radical (unpaired) electrons. The molecule has 1 fully saturated rings. The average Bonchev–Trinajstić information content (AvgIpc) is 3.04. The molecule has 2 aromatic rings. The summed E-state index contributed by atoms with van der Waals surface area (Å²) in [6.45, 7) is 4.03. The van der Waals surface area contributed by atoms with Gasteiger partial charge in [0.15, 0.2) is 0 Å². The summed E-state index contributed by atoms with van der Waals surface area (Å²) in [5, 5.41) is 4.82. The van der Waals surface area contributed by atoms with Gasteiger partial charge in [-0.25, -0.2) is 4.68 Å². The third kappa shape index (κ3) is 3.84. The van der Waals surface area contributed by atoms with Gasteiger partial charge in [0.05, 0.1) is 16.9 Å². The van der Waals surface area contributed by atoms with Gasteiger partial charge in [0, 0.05) is 24.5 Å². The van der Waals surface area contributed by atoms with Gasteiger partial charge >= 0.3 is 0 Å². The molecule has 132 valence electrons. The first kappa shape index (κ1) is 17.9. The summed E-state index contributed by atoms with van der Waals surface area (Å²) in [5.74, 6) is -0.0279. The molecule has 2 unspecified atom stereocenters. The van der Waals surface area contributed by atoms with Crippen LogP contribution in [-0.4, -0.2) is 21.8 Å². The Kier molecular flexibility index (Phi) is 5.38. The quantitative estimate of drug-likeness (QED) is 0.750. The molecule has 4 nitrogen and oxygen atoms in total. The van der Waals surface area contributed by atoms with Crippen molar-refractivity contribution in [2.45, 2.75) is 46.0 Å². The summed E-state index contributed by atoms with van der Waals surface area (Å²) in [7, 11) is 0. The van der Waals surface area contributed by atoms with Crippen molar-refractivity contribution < 1.29 is 9.59 Å². The number of hydrogen-bond acceptors (Lipinski definition) is 3. The first-order chi connectivity index (χ1) is 12.0. The number of hydrogen-bond donors (Lipinski definition) is 0. The summed E-state index contributed by atoms with van der Waals surface area (Å²) in [5.41, 5.74) is 4.12. The number of carbonyl (C=O) groups is 2. The number of aryl methyl sites for hydroxylation is 2. The minimum Gasteiger partial charge on any atom is -0.303 e. The SMILES string of the molecule is Cc1cc(-n2cc(Cl)cn2)cc(C)c1CC(=O)C1CCCCC1C=O. The lowest BCUT2D eigenvalue weighted by Crippen LogP contribution is -2.29. The maximum Gasteiger partial charge on any atom is 0.141 e. The van der Waals surface area contributed by atoms with Gasteiger partial charge in [-0.3, -0.25) is 4.79 Å². The highest BCUT2D eigenvalue weighted by Gasteiger charge is 2.30. The van der Waals surface area contributed by atoms with Crippen molar-refractivity contribution >= 4 is 23.7 Å². The molecule has 0 amide bonds. The van der Waals surface area contributed by atoms with E-state index in [0.717, 1.165) is 54.3 Å². The summed E-state index contributed by atoms with van der Waals surface area (Å²) in [6, 6.07) is 4.05. The first-order valence-electron chi connectivity index (χ1n) is 8.78. The standard InChI is InChI=1S/C20H23ClN2O2/c1-13-7-17(23-11-16(21)10-22-23)8-14(2)19(13)9-20(25)18-6-4-3-5-15(18)12-24/h7-8,10-12,15,18H,3-6,9H2,1-2H3. The molecule has 0 saturated heterocycles. The zero-order valence-corrected chi connectivity index (χ0v) is 15.4. The van der Waals surface area contributed by atoms with E-state index in [-0.39, 0.29) is 17.6 Å². The van der Waals surface area contributed by atoms with Gasteiger partial charge in [0.25, 0.3) is 0 Å². The monoisotopic (exact) mass is 358 g/mol. The lowest BCUT2D eigenvalue weighted by atomic mass is 9.76. The number of carbonyl (C=O) groups excluding carboxylic acids is 2. The van der Waals surface area contributed by atoms with Crippen LogP contribution in [0.3, 0.4) is 0 Å². The number of benzene rings is 1. The van der Waals surface area contributed by atoms with Crippen LogP contribution < -0.4 is 0 Å². The van der Waals surface area contributed by atoms with E-state index in [4.69, 9.17) is 11.6 Å². The lowest BCUT2D eigenvalue weighted by Gasteiger charge is -2.27. The summed E-state index contributed by atoms with van der Waals surface area (Å²) >= 11 is 5.95. The van der Waals surface area contributed by atoms with Gasteiger partial charge < -0.3 is 4.79 Å². The van der Waals surface area contributed by atoms with Crippen molar-refractivity contribution in [2.24, 2.45) is 11.8 Å². The van der Waals surface area contributed by atoms with E-state index in [1.807, 2.05) is 26.0 Å². The molecule has 1 aromatic carbocycles. The van der Waals surface area contributed by atoms with Crippen LogP contribution in [0.1, 0.15) is 42.4 Å². The molecular formula is C20H23ClN2O2. The van der Waals surface area contributed by atoms with Crippen LogP contribution in [0, 0.1) is 25.7 Å². The van der Waals surface area contributed by atoms with Crippen LogP contribution in [0.15, 0.2) is 24.5 Å². The van der Waals surface area contributed by atoms with Crippen LogP contribution >= 0.6 is 11.6 Å². The van der Waals surface area contributed by atoms with E-state index in [0.29, 0.717) is 11.4 Å². The third-order valence-corrected chi connectivity index (χ3v) is 5.45. The number of halogens is 1. The second kappa shape index (κ2) is 7.52. The Morgan fingerprint density at radius 1 is 1.28 bits per heavy atom. The molecule has 1 heterocycles. The smallest absolute Gasteiger partial charge is 0.141 e.